The SMILES string of the molecule is O=C1CC[C@@]2(OCCCO)[C@H]3Cc4ccc(O)c5c4C2(CC[N+]3([O-])CC2CC2)[C@H]1O5. The maximum atomic E-state index is 14.3. The Morgan fingerprint density at radius 2 is 2.13 bits per heavy atom. The van der Waals surface area contributed by atoms with Crippen molar-refractivity contribution in [3.8, 4) is 11.5 Å². The normalized spacial score (nSPS) is 40.8. The number of ether oxygens (including phenoxy) is 2. The fraction of sp³-hybridized carbons (Fsp3) is 0.696. The van der Waals surface area contributed by atoms with Crippen LogP contribution in [0.25, 0.3) is 0 Å². The third kappa shape index (κ3) is 2.22. The molecule has 2 N–H and O–H groups in total. The topological polar surface area (TPSA) is 99.1 Å². The number of aliphatic hydroxyl groups excluding tert-OH is 1. The fourth-order valence-corrected chi connectivity index (χ4v) is 7.12. The molecule has 5 aliphatic rings. The van der Waals surface area contributed by atoms with Gasteiger partial charge in [-0.3, -0.25) is 4.79 Å². The van der Waals surface area contributed by atoms with E-state index in [-0.39, 0.29) is 28.8 Å². The Morgan fingerprint density at radius 1 is 1.30 bits per heavy atom. The number of hydroxylamine groups is 3. The number of ketones is 1. The molecule has 7 heteroatoms. The molecule has 162 valence electrons. The lowest BCUT2D eigenvalue weighted by molar-refractivity contribution is -0.924. The Hall–Kier alpha value is -1.67. The van der Waals surface area contributed by atoms with Crippen LogP contribution < -0.4 is 4.74 Å². The molecule has 30 heavy (non-hydrogen) atoms. The van der Waals surface area contributed by atoms with E-state index in [1.54, 1.807) is 6.07 Å². The lowest BCUT2D eigenvalue weighted by Crippen LogP contribution is -2.81. The zero-order valence-corrected chi connectivity index (χ0v) is 17.1. The second-order valence-corrected chi connectivity index (χ2v) is 9.97. The van der Waals surface area contributed by atoms with E-state index < -0.39 is 17.1 Å². The van der Waals surface area contributed by atoms with Crippen molar-refractivity contribution in [2.45, 2.75) is 68.1 Å². The first kappa shape index (κ1) is 19.0. The highest BCUT2D eigenvalue weighted by atomic mass is 16.6. The number of aliphatic hydroxyl groups is 1. The Labute approximate surface area is 175 Å². The van der Waals surface area contributed by atoms with Crippen molar-refractivity contribution in [2.75, 3.05) is 26.3 Å². The minimum atomic E-state index is -0.804. The van der Waals surface area contributed by atoms with Gasteiger partial charge in [-0.25, -0.2) is 0 Å². The van der Waals surface area contributed by atoms with Crippen molar-refractivity contribution >= 4 is 5.78 Å². The quantitative estimate of drug-likeness (QED) is 0.419. The molecular weight excluding hydrogens is 386 g/mol. The Bertz CT molecular complexity index is 915. The van der Waals surface area contributed by atoms with Gasteiger partial charge in [-0.2, -0.15) is 0 Å². The lowest BCUT2D eigenvalue weighted by Gasteiger charge is -2.68. The number of phenolic OH excluding ortho intramolecular Hbond substituents is 1. The number of phenols is 1. The van der Waals surface area contributed by atoms with Crippen molar-refractivity contribution in [3.05, 3.63) is 28.5 Å². The molecule has 2 aliphatic heterocycles. The van der Waals surface area contributed by atoms with E-state index in [1.165, 1.54) is 0 Å². The second kappa shape index (κ2) is 6.19. The highest BCUT2D eigenvalue weighted by molar-refractivity contribution is 5.90. The molecule has 1 spiro atoms. The van der Waals surface area contributed by atoms with Gasteiger partial charge in [-0.1, -0.05) is 6.07 Å². The van der Waals surface area contributed by atoms with Crippen LogP contribution in [0.15, 0.2) is 12.1 Å². The molecule has 0 aromatic heterocycles. The van der Waals surface area contributed by atoms with Crippen molar-refractivity contribution < 1.29 is 29.1 Å². The van der Waals surface area contributed by atoms with Crippen LogP contribution in [0.3, 0.4) is 0 Å². The third-order valence-corrected chi connectivity index (χ3v) is 8.47. The van der Waals surface area contributed by atoms with Gasteiger partial charge < -0.3 is 29.5 Å². The summed E-state index contributed by atoms with van der Waals surface area (Å²) in [6.45, 7) is 1.44. The predicted molar refractivity (Wildman–Crippen MR) is 107 cm³/mol. The molecule has 1 saturated heterocycles. The number of nitrogens with zero attached hydrogens (tertiary/aromatic N) is 1. The van der Waals surface area contributed by atoms with Crippen LogP contribution in [0.1, 0.15) is 49.7 Å². The maximum absolute atomic E-state index is 14.3. The first-order valence-electron chi connectivity index (χ1n) is 11.3. The van der Waals surface area contributed by atoms with Gasteiger partial charge in [0.05, 0.1) is 18.5 Å². The zero-order chi connectivity index (χ0) is 20.7. The van der Waals surface area contributed by atoms with E-state index >= 15 is 0 Å². The smallest absolute Gasteiger partial charge is 0.174 e. The number of aromatic hydroxyl groups is 1. The van der Waals surface area contributed by atoms with Crippen LogP contribution in [0, 0.1) is 11.1 Å². The van der Waals surface area contributed by atoms with E-state index in [0.717, 1.165) is 24.0 Å². The molecule has 7 nitrogen and oxygen atoms in total. The first-order valence-corrected chi connectivity index (χ1v) is 11.3. The molecule has 2 unspecified atom stereocenters. The van der Waals surface area contributed by atoms with Crippen LogP contribution in [-0.2, 0) is 21.4 Å². The minimum Gasteiger partial charge on any atom is -0.632 e. The molecular formula is C23H29NO6. The second-order valence-electron chi connectivity index (χ2n) is 9.97. The Balaban J connectivity index is 1.57. The number of Topliss-reactive ketones (excluding diaryl/α,β-unsaturated/α-hetero) is 1. The van der Waals surface area contributed by atoms with Crippen LogP contribution >= 0.6 is 0 Å². The molecule has 2 heterocycles. The van der Waals surface area contributed by atoms with Crippen molar-refractivity contribution in [3.63, 3.8) is 0 Å². The number of hydrogen-bond acceptors (Lipinski definition) is 6. The van der Waals surface area contributed by atoms with Gasteiger partial charge in [0.25, 0.3) is 0 Å². The van der Waals surface area contributed by atoms with Gasteiger partial charge in [-0.05, 0) is 37.3 Å². The summed E-state index contributed by atoms with van der Waals surface area (Å²) < 4.78 is 12.5. The Kier molecular flexibility index (Phi) is 3.93. The summed E-state index contributed by atoms with van der Waals surface area (Å²) in [7, 11) is 0. The van der Waals surface area contributed by atoms with Gasteiger partial charge in [0, 0.05) is 44.0 Å². The van der Waals surface area contributed by atoms with Gasteiger partial charge in [-0.15, -0.1) is 0 Å². The number of quaternary nitrogens is 1. The lowest BCUT2D eigenvalue weighted by atomic mass is 9.48. The van der Waals surface area contributed by atoms with Crippen molar-refractivity contribution in [1.82, 2.24) is 0 Å². The zero-order valence-electron chi connectivity index (χ0n) is 17.1. The molecule has 3 fully saturated rings. The summed E-state index contributed by atoms with van der Waals surface area (Å²) in [5, 5.41) is 34.2. The standard InChI is InChI=1S/C23H29NO6/c25-10-1-11-29-23-7-6-17(27)21-22(23)8-9-24(28,13-14-2-3-14)18(23)12-15-4-5-16(26)20(30-21)19(15)22/h4-5,14,18,21,25-26H,1-3,6-13H2/t18-,21+,22?,23-,24?/m1/s1. The highest BCUT2D eigenvalue weighted by Gasteiger charge is 2.77. The van der Waals surface area contributed by atoms with Gasteiger partial charge in [0.2, 0.25) is 0 Å². The summed E-state index contributed by atoms with van der Waals surface area (Å²) in [5.41, 5.74) is 0.389. The number of rotatable bonds is 6. The van der Waals surface area contributed by atoms with Crippen LogP contribution in [0.4, 0.5) is 0 Å². The van der Waals surface area contributed by atoms with E-state index in [2.05, 4.69) is 0 Å². The van der Waals surface area contributed by atoms with E-state index in [1.807, 2.05) is 6.07 Å². The fourth-order valence-electron chi connectivity index (χ4n) is 7.12. The molecule has 1 aromatic rings. The van der Waals surface area contributed by atoms with Gasteiger partial charge in [0.15, 0.2) is 23.4 Å². The van der Waals surface area contributed by atoms with Crippen LogP contribution in [0.5, 0.6) is 11.5 Å². The maximum Gasteiger partial charge on any atom is 0.174 e. The molecule has 0 radical (unpaired) electrons. The van der Waals surface area contributed by atoms with E-state index in [4.69, 9.17) is 9.47 Å². The van der Waals surface area contributed by atoms with Gasteiger partial charge in [0.1, 0.15) is 11.6 Å². The highest BCUT2D eigenvalue weighted by Crippen LogP contribution is 2.67. The summed E-state index contributed by atoms with van der Waals surface area (Å²) in [6.07, 6.45) is 3.95. The van der Waals surface area contributed by atoms with Gasteiger partial charge >= 0.3 is 0 Å². The summed E-state index contributed by atoms with van der Waals surface area (Å²) >= 11 is 0. The molecule has 1 aromatic carbocycles. The number of carbonyl (C=O) groups is 1. The number of benzene rings is 1. The average Bonchev–Trinajstić information content (AvgIpc) is 3.45. The van der Waals surface area contributed by atoms with Crippen LogP contribution in [0.2, 0.25) is 0 Å². The average molecular weight is 415 g/mol. The number of likely N-dealkylation sites (tertiary alicyclic amines) is 1. The number of carbonyl (C=O) groups excluding carboxylic acids is 1. The predicted octanol–water partition coefficient (Wildman–Crippen LogP) is 1.94. The molecule has 6 rings (SSSR count). The van der Waals surface area contributed by atoms with E-state index in [9.17, 15) is 20.2 Å². The molecule has 2 saturated carbocycles. The largest absolute Gasteiger partial charge is 0.632 e. The van der Waals surface area contributed by atoms with E-state index in [0.29, 0.717) is 63.5 Å². The summed E-state index contributed by atoms with van der Waals surface area (Å²) in [5.74, 6) is 0.990. The monoisotopic (exact) mass is 415 g/mol. The summed E-state index contributed by atoms with van der Waals surface area (Å²) in [4.78, 5) is 13.1. The minimum absolute atomic E-state index is 0.0225. The molecule has 0 amide bonds. The molecule has 5 atom stereocenters. The molecule has 3 aliphatic carbocycles. The van der Waals surface area contributed by atoms with Crippen molar-refractivity contribution in [1.29, 1.82) is 0 Å². The molecule has 2 bridgehead atoms. The number of hydrogen-bond donors (Lipinski definition) is 2. The van der Waals surface area contributed by atoms with Crippen molar-refractivity contribution in [2.24, 2.45) is 5.92 Å². The summed E-state index contributed by atoms with van der Waals surface area (Å²) in [6, 6.07) is 3.23. The number of piperidine rings is 1. The first-order chi connectivity index (χ1) is 14.5. The Morgan fingerprint density at radius 3 is 2.90 bits per heavy atom. The van der Waals surface area contributed by atoms with Crippen LogP contribution in [-0.4, -0.2) is 64.7 Å². The third-order valence-electron chi connectivity index (χ3n) is 8.47.